The molecule has 0 bridgehead atoms. The van der Waals surface area contributed by atoms with Crippen LogP contribution in [0.15, 0.2) is 30.5 Å². The second kappa shape index (κ2) is 7.66. The number of H-pyrrole nitrogens is 1. The van der Waals surface area contributed by atoms with Crippen molar-refractivity contribution < 1.29 is 18.0 Å². The second-order valence-corrected chi connectivity index (χ2v) is 8.69. The highest BCUT2D eigenvalue weighted by Gasteiger charge is 2.25. The van der Waals surface area contributed by atoms with Crippen LogP contribution in [0.3, 0.4) is 0 Å². The molecule has 1 aromatic heterocycles. The van der Waals surface area contributed by atoms with Gasteiger partial charge in [-0.3, -0.25) is 9.59 Å². The summed E-state index contributed by atoms with van der Waals surface area (Å²) in [6.07, 6.45) is 3.62. The van der Waals surface area contributed by atoms with E-state index in [1.165, 1.54) is 0 Å². The number of rotatable bonds is 6. The smallest absolute Gasteiger partial charge is 0.257 e. The van der Waals surface area contributed by atoms with E-state index in [-0.39, 0.29) is 23.5 Å². The number of fused-ring (bicyclic) bond motifs is 1. The Morgan fingerprint density at radius 2 is 1.93 bits per heavy atom. The van der Waals surface area contributed by atoms with Crippen molar-refractivity contribution in [2.75, 3.05) is 11.1 Å². The first-order valence-electron chi connectivity index (χ1n) is 8.95. The number of amides is 1. The van der Waals surface area contributed by atoms with E-state index in [2.05, 4.69) is 15.0 Å². The molecule has 2 aromatic rings. The van der Waals surface area contributed by atoms with E-state index < -0.39 is 10.0 Å². The minimum Gasteiger partial charge on any atom is -0.364 e. The van der Waals surface area contributed by atoms with Crippen LogP contribution in [-0.4, -0.2) is 30.8 Å². The molecule has 0 spiro atoms. The fraction of sp³-hybridized carbons (Fsp3) is 0.368. The number of hydrogen-bond acceptors (Lipinski definition) is 4. The van der Waals surface area contributed by atoms with Gasteiger partial charge in [-0.25, -0.2) is 13.1 Å². The van der Waals surface area contributed by atoms with Crippen molar-refractivity contribution >= 4 is 27.4 Å². The molecule has 144 valence electrons. The molecule has 1 aromatic carbocycles. The number of carbonyl (C=O) groups excluding carboxylic acids is 2. The Balaban J connectivity index is 1.71. The normalized spacial score (nSPS) is 15.3. The number of benzene rings is 1. The van der Waals surface area contributed by atoms with Gasteiger partial charge in [0.05, 0.1) is 16.9 Å². The highest BCUT2D eigenvalue weighted by molar-refractivity contribution is 7.89. The van der Waals surface area contributed by atoms with Crippen LogP contribution < -0.4 is 10.0 Å². The van der Waals surface area contributed by atoms with Gasteiger partial charge in [0.25, 0.3) is 5.91 Å². The Kier molecular flexibility index (Phi) is 5.48. The Morgan fingerprint density at radius 3 is 2.59 bits per heavy atom. The third-order valence-electron chi connectivity index (χ3n) is 4.72. The maximum Gasteiger partial charge on any atom is 0.257 e. The van der Waals surface area contributed by atoms with Gasteiger partial charge in [0.15, 0.2) is 5.78 Å². The summed E-state index contributed by atoms with van der Waals surface area (Å²) < 4.78 is 25.9. The number of aromatic nitrogens is 1. The summed E-state index contributed by atoms with van der Waals surface area (Å²) in [6, 6.07) is 6.58. The molecule has 8 heteroatoms. The molecule has 3 rings (SSSR count). The maximum absolute atomic E-state index is 12.6. The van der Waals surface area contributed by atoms with Gasteiger partial charge in [-0.15, -0.1) is 0 Å². The SMILES string of the molecule is CCS(=O)(=O)NC(C)c1ccc(NC(=O)c2c[nH]c3c2C(=O)CCC3)cc1. The van der Waals surface area contributed by atoms with Gasteiger partial charge in [0.1, 0.15) is 0 Å². The molecule has 1 heterocycles. The van der Waals surface area contributed by atoms with Crippen LogP contribution in [0.1, 0.15) is 64.7 Å². The minimum atomic E-state index is -3.29. The van der Waals surface area contributed by atoms with Crippen molar-refractivity contribution in [2.24, 2.45) is 0 Å². The highest BCUT2D eigenvalue weighted by Crippen LogP contribution is 2.25. The van der Waals surface area contributed by atoms with E-state index in [1.807, 2.05) is 0 Å². The van der Waals surface area contributed by atoms with Gasteiger partial charge in [0, 0.05) is 30.0 Å². The van der Waals surface area contributed by atoms with Crippen molar-refractivity contribution in [3.63, 3.8) is 0 Å². The molecule has 0 saturated carbocycles. The molecule has 0 aliphatic heterocycles. The molecule has 0 saturated heterocycles. The monoisotopic (exact) mass is 389 g/mol. The van der Waals surface area contributed by atoms with Gasteiger partial charge in [0.2, 0.25) is 10.0 Å². The van der Waals surface area contributed by atoms with Crippen LogP contribution >= 0.6 is 0 Å². The number of aromatic amines is 1. The largest absolute Gasteiger partial charge is 0.364 e. The van der Waals surface area contributed by atoms with Crippen LogP contribution in [0.2, 0.25) is 0 Å². The summed E-state index contributed by atoms with van der Waals surface area (Å²) >= 11 is 0. The fourth-order valence-electron chi connectivity index (χ4n) is 3.19. The van der Waals surface area contributed by atoms with Crippen molar-refractivity contribution in [2.45, 2.75) is 39.2 Å². The summed E-state index contributed by atoms with van der Waals surface area (Å²) in [6.45, 7) is 3.34. The number of aryl methyl sites for hydroxylation is 1. The summed E-state index contributed by atoms with van der Waals surface area (Å²) in [4.78, 5) is 27.7. The predicted octanol–water partition coefficient (Wildman–Crippen LogP) is 2.79. The third-order valence-corrected chi connectivity index (χ3v) is 6.19. The predicted molar refractivity (Wildman–Crippen MR) is 103 cm³/mol. The lowest BCUT2D eigenvalue weighted by Crippen LogP contribution is -2.28. The number of sulfonamides is 1. The average Bonchev–Trinajstić information content (AvgIpc) is 3.07. The average molecular weight is 389 g/mol. The lowest BCUT2D eigenvalue weighted by molar-refractivity contribution is 0.0956. The molecule has 1 amide bonds. The lowest BCUT2D eigenvalue weighted by Gasteiger charge is -2.15. The van der Waals surface area contributed by atoms with E-state index >= 15 is 0 Å². The molecule has 3 N–H and O–H groups in total. The number of Topliss-reactive ketones (excluding diaryl/α,β-unsaturated/α-hetero) is 1. The molecule has 27 heavy (non-hydrogen) atoms. The van der Waals surface area contributed by atoms with Gasteiger partial charge >= 0.3 is 0 Å². The summed E-state index contributed by atoms with van der Waals surface area (Å²) in [7, 11) is -3.29. The third kappa shape index (κ3) is 4.28. The van der Waals surface area contributed by atoms with Crippen molar-refractivity contribution in [1.29, 1.82) is 0 Å². The number of carbonyl (C=O) groups is 2. The lowest BCUT2D eigenvalue weighted by atomic mass is 9.93. The number of hydrogen-bond donors (Lipinski definition) is 3. The van der Waals surface area contributed by atoms with E-state index in [0.29, 0.717) is 23.2 Å². The number of ketones is 1. The summed E-state index contributed by atoms with van der Waals surface area (Å²) in [5, 5.41) is 2.79. The van der Waals surface area contributed by atoms with Crippen LogP contribution in [0.4, 0.5) is 5.69 Å². The molecular formula is C19H23N3O4S. The summed E-state index contributed by atoms with van der Waals surface area (Å²) in [5.74, 6) is -0.323. The first kappa shape index (κ1) is 19.3. The van der Waals surface area contributed by atoms with E-state index in [4.69, 9.17) is 0 Å². The zero-order valence-corrected chi connectivity index (χ0v) is 16.2. The number of anilines is 1. The molecule has 1 aliphatic carbocycles. The molecule has 1 unspecified atom stereocenters. The Bertz CT molecular complexity index is 961. The van der Waals surface area contributed by atoms with Crippen LogP contribution in [0, 0.1) is 0 Å². The minimum absolute atomic E-state index is 0.00460. The zero-order chi connectivity index (χ0) is 19.6. The van der Waals surface area contributed by atoms with Gasteiger partial charge in [-0.2, -0.15) is 0 Å². The molecule has 1 aliphatic rings. The van der Waals surface area contributed by atoms with E-state index in [1.54, 1.807) is 44.3 Å². The van der Waals surface area contributed by atoms with Crippen LogP contribution in [0.5, 0.6) is 0 Å². The van der Waals surface area contributed by atoms with E-state index in [9.17, 15) is 18.0 Å². The van der Waals surface area contributed by atoms with Gasteiger partial charge in [-0.1, -0.05) is 12.1 Å². The summed E-state index contributed by atoms with van der Waals surface area (Å²) in [5.41, 5.74) is 3.05. The molecule has 0 fully saturated rings. The Morgan fingerprint density at radius 1 is 1.22 bits per heavy atom. The molecule has 1 atom stereocenters. The van der Waals surface area contributed by atoms with Crippen LogP contribution in [-0.2, 0) is 16.4 Å². The first-order valence-corrected chi connectivity index (χ1v) is 10.6. The fourth-order valence-corrected chi connectivity index (χ4v) is 4.03. The maximum atomic E-state index is 12.6. The number of nitrogens with one attached hydrogen (secondary N) is 3. The van der Waals surface area contributed by atoms with Gasteiger partial charge in [-0.05, 0) is 44.4 Å². The topological polar surface area (TPSA) is 108 Å². The standard InChI is InChI=1S/C19H23N3O4S/c1-3-27(25,26)22-12(2)13-7-9-14(10-8-13)21-19(24)15-11-20-16-5-4-6-17(23)18(15)16/h7-12,20,22H,3-6H2,1-2H3,(H,21,24). The second-order valence-electron chi connectivity index (χ2n) is 6.65. The van der Waals surface area contributed by atoms with Crippen LogP contribution in [0.25, 0.3) is 0 Å². The first-order chi connectivity index (χ1) is 12.8. The highest BCUT2D eigenvalue weighted by atomic mass is 32.2. The zero-order valence-electron chi connectivity index (χ0n) is 15.3. The molecule has 0 radical (unpaired) electrons. The van der Waals surface area contributed by atoms with E-state index in [0.717, 1.165) is 24.1 Å². The van der Waals surface area contributed by atoms with Gasteiger partial charge < -0.3 is 10.3 Å². The molecule has 7 nitrogen and oxygen atoms in total. The van der Waals surface area contributed by atoms with Crippen molar-refractivity contribution in [3.8, 4) is 0 Å². The molecular weight excluding hydrogens is 366 g/mol. The Labute approximate surface area is 158 Å². The Hall–Kier alpha value is -2.45. The quantitative estimate of drug-likeness (QED) is 0.706. The van der Waals surface area contributed by atoms with Crippen molar-refractivity contribution in [1.82, 2.24) is 9.71 Å². The van der Waals surface area contributed by atoms with Crippen molar-refractivity contribution in [3.05, 3.63) is 52.8 Å².